The minimum atomic E-state index is -0.841. The lowest BCUT2D eigenvalue weighted by atomic mass is 9.77. The maximum atomic E-state index is 12.4. The molecule has 2 aliphatic heterocycles. The fourth-order valence-corrected chi connectivity index (χ4v) is 4.58. The van der Waals surface area contributed by atoms with Crippen LogP contribution in [0.3, 0.4) is 0 Å². The normalized spacial score (nSPS) is 21.5. The van der Waals surface area contributed by atoms with E-state index >= 15 is 0 Å². The summed E-state index contributed by atoms with van der Waals surface area (Å²) in [5, 5.41) is 18.5. The standard InChI is InChI=1S/C22H28N4O5/c1-30-18-10-17(24-12-16(18)11-23)19(31-20(27)15-2-3-15)13-25-7-4-22(5-8-25)6-9-26(14-22)21(28)29/h10,12,15,19H,2-9,13-14H2,1H3,(H,28,29). The first kappa shape index (κ1) is 21.4. The van der Waals surface area contributed by atoms with Gasteiger partial charge in [-0.3, -0.25) is 14.7 Å². The molecule has 3 fully saturated rings. The summed E-state index contributed by atoms with van der Waals surface area (Å²) in [6, 6.07) is 3.73. The van der Waals surface area contributed by atoms with Crippen LogP contribution in [0.15, 0.2) is 12.3 Å². The van der Waals surface area contributed by atoms with Crippen LogP contribution in [0, 0.1) is 22.7 Å². The summed E-state index contributed by atoms with van der Waals surface area (Å²) < 4.78 is 11.1. The molecule has 1 aromatic rings. The van der Waals surface area contributed by atoms with Gasteiger partial charge in [-0.05, 0) is 50.6 Å². The molecule has 0 radical (unpaired) electrons. The highest BCUT2D eigenvalue weighted by atomic mass is 16.5. The van der Waals surface area contributed by atoms with Crippen LogP contribution in [0.1, 0.15) is 49.5 Å². The van der Waals surface area contributed by atoms with E-state index in [1.807, 2.05) is 0 Å². The number of aromatic nitrogens is 1. The number of nitrogens with zero attached hydrogens (tertiary/aromatic N) is 4. The Morgan fingerprint density at radius 3 is 2.61 bits per heavy atom. The molecule has 1 unspecified atom stereocenters. The van der Waals surface area contributed by atoms with E-state index < -0.39 is 12.2 Å². The van der Waals surface area contributed by atoms with E-state index in [2.05, 4.69) is 16.0 Å². The summed E-state index contributed by atoms with van der Waals surface area (Å²) >= 11 is 0. The predicted octanol–water partition coefficient (Wildman–Crippen LogP) is 2.42. The van der Waals surface area contributed by atoms with Gasteiger partial charge in [0.1, 0.15) is 17.4 Å². The van der Waals surface area contributed by atoms with Crippen LogP contribution in [0.2, 0.25) is 0 Å². The van der Waals surface area contributed by atoms with Crippen molar-refractivity contribution in [1.29, 1.82) is 5.26 Å². The van der Waals surface area contributed by atoms with Gasteiger partial charge in [-0.1, -0.05) is 0 Å². The number of esters is 1. The van der Waals surface area contributed by atoms with E-state index in [-0.39, 0.29) is 17.3 Å². The van der Waals surface area contributed by atoms with Crippen molar-refractivity contribution in [3.8, 4) is 11.8 Å². The number of methoxy groups -OCH3 is 1. The van der Waals surface area contributed by atoms with Crippen molar-refractivity contribution >= 4 is 12.1 Å². The molecule has 1 aromatic heterocycles. The van der Waals surface area contributed by atoms with E-state index in [0.717, 1.165) is 45.2 Å². The molecular formula is C22H28N4O5. The lowest BCUT2D eigenvalue weighted by molar-refractivity contribution is -0.152. The maximum absolute atomic E-state index is 12.4. The fraction of sp³-hybridized carbons (Fsp3) is 0.636. The van der Waals surface area contributed by atoms with Crippen molar-refractivity contribution in [3.63, 3.8) is 0 Å². The number of amides is 1. The number of likely N-dealkylation sites (tertiary alicyclic amines) is 2. The number of nitriles is 1. The smallest absolute Gasteiger partial charge is 0.407 e. The number of carboxylic acid groups (broad SMARTS) is 1. The van der Waals surface area contributed by atoms with E-state index in [0.29, 0.717) is 36.6 Å². The Hall–Kier alpha value is -2.86. The number of pyridine rings is 1. The molecule has 1 saturated carbocycles. The van der Waals surface area contributed by atoms with Crippen molar-refractivity contribution < 1.29 is 24.2 Å². The van der Waals surface area contributed by atoms with Crippen LogP contribution in [0.5, 0.6) is 5.75 Å². The maximum Gasteiger partial charge on any atom is 0.407 e. The number of ether oxygens (including phenoxy) is 2. The second-order valence-electron chi connectivity index (χ2n) is 8.88. The number of hydrogen-bond donors (Lipinski definition) is 1. The number of hydrogen-bond acceptors (Lipinski definition) is 7. The molecule has 1 aliphatic carbocycles. The molecule has 2 saturated heterocycles. The number of piperidine rings is 1. The summed E-state index contributed by atoms with van der Waals surface area (Å²) in [6.07, 6.45) is 4.55. The Morgan fingerprint density at radius 1 is 1.32 bits per heavy atom. The topological polar surface area (TPSA) is 116 Å². The lowest BCUT2D eigenvalue weighted by Gasteiger charge is -2.40. The van der Waals surface area contributed by atoms with Crippen LogP contribution >= 0.6 is 0 Å². The third kappa shape index (κ3) is 4.74. The molecule has 3 aliphatic rings. The molecular weight excluding hydrogens is 400 g/mol. The van der Waals surface area contributed by atoms with Crippen LogP contribution in [-0.4, -0.2) is 71.8 Å². The van der Waals surface area contributed by atoms with Gasteiger partial charge in [-0.25, -0.2) is 4.79 Å². The first-order valence-corrected chi connectivity index (χ1v) is 10.8. The van der Waals surface area contributed by atoms with Gasteiger partial charge in [0.2, 0.25) is 0 Å². The number of carbonyl (C=O) groups excluding carboxylic acids is 1. The van der Waals surface area contributed by atoms with Gasteiger partial charge in [-0.2, -0.15) is 5.26 Å². The minimum absolute atomic E-state index is 0.0205. The quantitative estimate of drug-likeness (QED) is 0.687. The van der Waals surface area contributed by atoms with Crippen LogP contribution in [0.25, 0.3) is 0 Å². The van der Waals surface area contributed by atoms with Crippen molar-refractivity contribution in [2.45, 2.75) is 38.2 Å². The molecule has 3 heterocycles. The largest absolute Gasteiger partial charge is 0.495 e. The Kier molecular flexibility index (Phi) is 6.01. The van der Waals surface area contributed by atoms with Gasteiger partial charge in [0, 0.05) is 31.9 Å². The van der Waals surface area contributed by atoms with Gasteiger partial charge in [0.05, 0.1) is 18.7 Å². The average Bonchev–Trinajstić information content (AvgIpc) is 3.55. The number of rotatable bonds is 6. The predicted molar refractivity (Wildman–Crippen MR) is 109 cm³/mol. The summed E-state index contributed by atoms with van der Waals surface area (Å²) in [5.74, 6) is 0.196. The zero-order valence-electron chi connectivity index (χ0n) is 17.7. The number of carbonyl (C=O) groups is 2. The highest BCUT2D eigenvalue weighted by molar-refractivity contribution is 5.75. The molecule has 0 aromatic carbocycles. The van der Waals surface area contributed by atoms with Crippen molar-refractivity contribution in [3.05, 3.63) is 23.5 Å². The molecule has 166 valence electrons. The van der Waals surface area contributed by atoms with Crippen LogP contribution < -0.4 is 4.74 Å². The summed E-state index contributed by atoms with van der Waals surface area (Å²) in [5.41, 5.74) is 0.969. The second-order valence-corrected chi connectivity index (χ2v) is 8.88. The zero-order valence-corrected chi connectivity index (χ0v) is 17.7. The Bertz CT molecular complexity index is 886. The second kappa shape index (κ2) is 8.71. The third-order valence-corrected chi connectivity index (χ3v) is 6.78. The van der Waals surface area contributed by atoms with Gasteiger partial charge in [0.15, 0.2) is 6.10 Å². The Labute approximate surface area is 181 Å². The lowest BCUT2D eigenvalue weighted by Crippen LogP contribution is -2.44. The highest BCUT2D eigenvalue weighted by Crippen LogP contribution is 2.41. The van der Waals surface area contributed by atoms with Crippen molar-refractivity contribution in [2.75, 3.05) is 39.8 Å². The van der Waals surface area contributed by atoms with E-state index in [1.165, 1.54) is 18.2 Å². The van der Waals surface area contributed by atoms with E-state index in [1.54, 1.807) is 6.07 Å². The first-order valence-electron chi connectivity index (χ1n) is 10.8. The molecule has 0 bridgehead atoms. The molecule has 9 heteroatoms. The Balaban J connectivity index is 1.44. The molecule has 4 rings (SSSR count). The monoisotopic (exact) mass is 428 g/mol. The van der Waals surface area contributed by atoms with E-state index in [4.69, 9.17) is 9.47 Å². The van der Waals surface area contributed by atoms with Crippen LogP contribution in [-0.2, 0) is 9.53 Å². The molecule has 1 N–H and O–H groups in total. The SMILES string of the molecule is COc1cc(C(CN2CCC3(CC2)CCN(C(=O)O)C3)OC(=O)C2CC2)ncc1C#N. The average molecular weight is 428 g/mol. The molecule has 1 spiro atoms. The molecule has 31 heavy (non-hydrogen) atoms. The van der Waals surface area contributed by atoms with Gasteiger partial charge in [0.25, 0.3) is 0 Å². The Morgan fingerprint density at radius 2 is 2.03 bits per heavy atom. The van der Waals surface area contributed by atoms with Crippen molar-refractivity contribution in [1.82, 2.24) is 14.8 Å². The van der Waals surface area contributed by atoms with Gasteiger partial charge >= 0.3 is 12.1 Å². The fourth-order valence-electron chi connectivity index (χ4n) is 4.58. The summed E-state index contributed by atoms with van der Waals surface area (Å²) in [7, 11) is 1.50. The molecule has 1 amide bonds. The third-order valence-electron chi connectivity index (χ3n) is 6.78. The zero-order chi connectivity index (χ0) is 22.0. The van der Waals surface area contributed by atoms with Gasteiger partial charge in [-0.15, -0.1) is 0 Å². The van der Waals surface area contributed by atoms with Crippen LogP contribution in [0.4, 0.5) is 4.79 Å². The molecule has 1 atom stereocenters. The summed E-state index contributed by atoms with van der Waals surface area (Å²) in [6.45, 7) is 3.35. The van der Waals surface area contributed by atoms with Gasteiger partial charge < -0.3 is 19.5 Å². The first-order chi connectivity index (χ1) is 14.9. The minimum Gasteiger partial charge on any atom is -0.495 e. The van der Waals surface area contributed by atoms with E-state index in [9.17, 15) is 20.0 Å². The molecule has 9 nitrogen and oxygen atoms in total. The summed E-state index contributed by atoms with van der Waals surface area (Å²) in [4.78, 5) is 31.8. The van der Waals surface area contributed by atoms with Crippen molar-refractivity contribution in [2.24, 2.45) is 11.3 Å². The highest BCUT2D eigenvalue weighted by Gasteiger charge is 2.42.